The zero-order valence-electron chi connectivity index (χ0n) is 8.45. The predicted octanol–water partition coefficient (Wildman–Crippen LogP) is -0.644. The lowest BCUT2D eigenvalue weighted by molar-refractivity contribution is -0.121. The van der Waals surface area contributed by atoms with E-state index in [2.05, 4.69) is 17.5 Å². The number of rotatable bonds is 3. The van der Waals surface area contributed by atoms with Crippen LogP contribution in [-0.2, 0) is 14.6 Å². The fourth-order valence-electron chi connectivity index (χ4n) is 1.65. The van der Waals surface area contributed by atoms with E-state index >= 15 is 0 Å². The second kappa shape index (κ2) is 4.05. The van der Waals surface area contributed by atoms with E-state index in [0.717, 1.165) is 0 Å². The Morgan fingerprint density at radius 1 is 1.60 bits per heavy atom. The normalized spacial score (nSPS) is 28.6. The predicted molar refractivity (Wildman–Crippen MR) is 61.2 cm³/mol. The minimum Gasteiger partial charge on any atom is -0.393 e. The van der Waals surface area contributed by atoms with E-state index in [0.29, 0.717) is 6.42 Å². The van der Waals surface area contributed by atoms with Crippen molar-refractivity contribution in [2.24, 2.45) is 5.73 Å². The first-order valence-electron chi connectivity index (χ1n) is 4.52. The van der Waals surface area contributed by atoms with Crippen molar-refractivity contribution >= 4 is 33.0 Å². The zero-order valence-corrected chi connectivity index (χ0v) is 10.1. The molecule has 0 aromatic rings. The zero-order chi connectivity index (χ0) is 11.7. The minimum absolute atomic E-state index is 0.0108. The molecule has 0 aromatic carbocycles. The molecule has 0 saturated carbocycles. The number of carbonyl (C=O) groups is 1. The maximum Gasteiger partial charge on any atom is 0.227 e. The average molecular weight is 250 g/mol. The average Bonchev–Trinajstić information content (AvgIpc) is 2.22. The number of thiocarbonyl (C=S) groups is 1. The third-order valence-corrected chi connectivity index (χ3v) is 4.33. The van der Waals surface area contributed by atoms with Crippen LogP contribution in [0.3, 0.4) is 0 Å². The number of nitrogens with one attached hydrogen (secondary N) is 1. The number of amides is 1. The van der Waals surface area contributed by atoms with E-state index in [1.807, 2.05) is 0 Å². The molecule has 0 aliphatic carbocycles. The lowest BCUT2D eigenvalue weighted by atomic mass is 10.0. The van der Waals surface area contributed by atoms with E-state index in [4.69, 9.17) is 5.73 Å². The molecule has 7 heteroatoms. The van der Waals surface area contributed by atoms with Gasteiger partial charge in [-0.05, 0) is 13.3 Å². The molecule has 1 fully saturated rings. The topological polar surface area (TPSA) is 89.3 Å². The molecule has 1 atom stereocenters. The van der Waals surface area contributed by atoms with Gasteiger partial charge in [0.25, 0.3) is 0 Å². The van der Waals surface area contributed by atoms with Gasteiger partial charge in [-0.1, -0.05) is 12.2 Å². The quantitative estimate of drug-likeness (QED) is 0.650. The molecule has 0 radical (unpaired) electrons. The Hall–Kier alpha value is -0.690. The van der Waals surface area contributed by atoms with Crippen LogP contribution in [0.2, 0.25) is 0 Å². The van der Waals surface area contributed by atoms with Crippen molar-refractivity contribution in [3.8, 4) is 0 Å². The van der Waals surface area contributed by atoms with E-state index in [1.54, 1.807) is 6.92 Å². The van der Waals surface area contributed by atoms with Crippen LogP contribution in [0.1, 0.15) is 19.8 Å². The molecule has 86 valence electrons. The highest BCUT2D eigenvalue weighted by Gasteiger charge is 2.39. The third kappa shape index (κ3) is 3.75. The molecule has 5 nitrogen and oxygen atoms in total. The standard InChI is InChI=1S/C8H14N2O3S2/c1-8(2-3-15(12,13)5-8)10-7(11)4-6(9)14/h2-5H2,1H3,(H2,9,14)(H,10,11). The molecule has 3 N–H and O–H groups in total. The Kier molecular flexibility index (Phi) is 3.34. The third-order valence-electron chi connectivity index (χ3n) is 2.28. The van der Waals surface area contributed by atoms with Gasteiger partial charge in [0.1, 0.15) is 0 Å². The molecule has 1 aliphatic rings. The Morgan fingerprint density at radius 2 is 2.20 bits per heavy atom. The summed E-state index contributed by atoms with van der Waals surface area (Å²) >= 11 is 4.59. The largest absolute Gasteiger partial charge is 0.393 e. The van der Waals surface area contributed by atoms with Gasteiger partial charge in [0, 0.05) is 0 Å². The molecule has 0 aromatic heterocycles. The van der Waals surface area contributed by atoms with Crippen LogP contribution in [0.15, 0.2) is 0 Å². The van der Waals surface area contributed by atoms with Crippen molar-refractivity contribution in [2.45, 2.75) is 25.3 Å². The summed E-state index contributed by atoms with van der Waals surface area (Å²) in [5.74, 6) is -0.206. The van der Waals surface area contributed by atoms with Crippen molar-refractivity contribution < 1.29 is 13.2 Å². The van der Waals surface area contributed by atoms with Gasteiger partial charge in [0.15, 0.2) is 9.84 Å². The van der Waals surface area contributed by atoms with Crippen molar-refractivity contribution in [3.63, 3.8) is 0 Å². The molecule has 15 heavy (non-hydrogen) atoms. The van der Waals surface area contributed by atoms with Gasteiger partial charge in [-0.25, -0.2) is 8.42 Å². The molecule has 1 unspecified atom stereocenters. The maximum atomic E-state index is 11.4. The smallest absolute Gasteiger partial charge is 0.227 e. The minimum atomic E-state index is -3.01. The molecule has 0 bridgehead atoms. The van der Waals surface area contributed by atoms with Gasteiger partial charge in [-0.2, -0.15) is 0 Å². The molecular weight excluding hydrogens is 236 g/mol. The van der Waals surface area contributed by atoms with Crippen molar-refractivity contribution in [1.29, 1.82) is 0 Å². The van der Waals surface area contributed by atoms with Gasteiger partial charge in [0.05, 0.1) is 28.5 Å². The molecule has 1 amide bonds. The summed E-state index contributed by atoms with van der Waals surface area (Å²) in [4.78, 5) is 11.5. The molecule has 1 aliphatic heterocycles. The lowest BCUT2D eigenvalue weighted by Crippen LogP contribution is -2.47. The van der Waals surface area contributed by atoms with Gasteiger partial charge >= 0.3 is 0 Å². The van der Waals surface area contributed by atoms with Crippen LogP contribution in [0.5, 0.6) is 0 Å². The van der Waals surface area contributed by atoms with Crippen LogP contribution in [0.4, 0.5) is 0 Å². The van der Waals surface area contributed by atoms with E-state index < -0.39 is 15.4 Å². The fraction of sp³-hybridized carbons (Fsp3) is 0.750. The number of carbonyl (C=O) groups excluding carboxylic acids is 1. The van der Waals surface area contributed by atoms with Crippen LogP contribution >= 0.6 is 12.2 Å². The first-order chi connectivity index (χ1) is 6.72. The summed E-state index contributed by atoms with van der Waals surface area (Å²) in [6, 6.07) is 0. The molecule has 1 heterocycles. The monoisotopic (exact) mass is 250 g/mol. The molecule has 1 saturated heterocycles. The Bertz CT molecular complexity index is 391. The lowest BCUT2D eigenvalue weighted by Gasteiger charge is -2.23. The van der Waals surface area contributed by atoms with E-state index in [-0.39, 0.29) is 28.8 Å². The Balaban J connectivity index is 2.59. The van der Waals surface area contributed by atoms with Crippen LogP contribution in [0.25, 0.3) is 0 Å². The van der Waals surface area contributed by atoms with Gasteiger partial charge in [-0.15, -0.1) is 0 Å². The van der Waals surface area contributed by atoms with Gasteiger partial charge < -0.3 is 11.1 Å². The van der Waals surface area contributed by atoms with Crippen LogP contribution in [0, 0.1) is 0 Å². The molecule has 1 rings (SSSR count). The Labute approximate surface area is 94.3 Å². The van der Waals surface area contributed by atoms with Crippen molar-refractivity contribution in [3.05, 3.63) is 0 Å². The summed E-state index contributed by atoms with van der Waals surface area (Å²) in [6.07, 6.45) is 0.406. The second-order valence-corrected chi connectivity index (χ2v) is 6.80. The highest BCUT2D eigenvalue weighted by atomic mass is 32.2. The van der Waals surface area contributed by atoms with Crippen molar-refractivity contribution in [1.82, 2.24) is 5.32 Å². The summed E-state index contributed by atoms with van der Waals surface area (Å²) < 4.78 is 22.5. The molecule has 0 spiro atoms. The first kappa shape index (κ1) is 12.4. The highest BCUT2D eigenvalue weighted by molar-refractivity contribution is 7.91. The van der Waals surface area contributed by atoms with Gasteiger partial charge in [0.2, 0.25) is 5.91 Å². The van der Waals surface area contributed by atoms with Crippen LogP contribution in [-0.4, -0.2) is 36.4 Å². The molecular formula is C8H14N2O3S2. The second-order valence-electron chi connectivity index (χ2n) is 4.09. The number of hydrogen-bond acceptors (Lipinski definition) is 4. The first-order valence-corrected chi connectivity index (χ1v) is 6.75. The number of nitrogens with two attached hydrogens (primary N) is 1. The summed E-state index contributed by atoms with van der Waals surface area (Å²) in [6.45, 7) is 1.72. The fourth-order valence-corrected chi connectivity index (χ4v) is 3.87. The number of sulfone groups is 1. The Morgan fingerprint density at radius 3 is 2.60 bits per heavy atom. The van der Waals surface area contributed by atoms with Crippen molar-refractivity contribution in [2.75, 3.05) is 11.5 Å². The summed E-state index contributed by atoms with van der Waals surface area (Å²) in [5.41, 5.74) is 4.55. The van der Waals surface area contributed by atoms with E-state index in [9.17, 15) is 13.2 Å². The number of hydrogen-bond donors (Lipinski definition) is 2. The van der Waals surface area contributed by atoms with E-state index in [1.165, 1.54) is 0 Å². The summed E-state index contributed by atoms with van der Waals surface area (Å²) in [7, 11) is -3.01. The summed E-state index contributed by atoms with van der Waals surface area (Å²) in [5, 5.41) is 2.66. The van der Waals surface area contributed by atoms with Crippen LogP contribution < -0.4 is 11.1 Å². The SMILES string of the molecule is CC1(NC(=O)CC(N)=S)CCS(=O)(=O)C1. The maximum absolute atomic E-state index is 11.4. The highest BCUT2D eigenvalue weighted by Crippen LogP contribution is 2.22. The van der Waals surface area contributed by atoms with Gasteiger partial charge in [-0.3, -0.25) is 4.79 Å².